The molecule has 19 heavy (non-hydrogen) atoms. The fourth-order valence-corrected chi connectivity index (χ4v) is 2.29. The molecule has 0 aliphatic heterocycles. The summed E-state index contributed by atoms with van der Waals surface area (Å²) in [5, 5.41) is 19.6. The van der Waals surface area contributed by atoms with E-state index in [0.717, 1.165) is 25.5 Å². The first-order valence-corrected chi connectivity index (χ1v) is 6.07. The molecule has 1 heterocycles. The normalized spacial score (nSPS) is 21.9. The first kappa shape index (κ1) is 13.2. The zero-order chi connectivity index (χ0) is 13.8. The first-order valence-electron chi connectivity index (χ1n) is 6.07. The number of ether oxygens (including phenoxy) is 1. The average Bonchev–Trinajstić information content (AvgIpc) is 2.86. The Morgan fingerprint density at radius 2 is 2.42 bits per heavy atom. The highest BCUT2D eigenvalue weighted by molar-refractivity contribution is 5.45. The Bertz CT molecular complexity index is 526. The summed E-state index contributed by atoms with van der Waals surface area (Å²) in [6.45, 7) is 0.527. The van der Waals surface area contributed by atoms with Gasteiger partial charge >= 0.3 is 0 Å². The summed E-state index contributed by atoms with van der Waals surface area (Å²) < 4.78 is 5.70. The van der Waals surface area contributed by atoms with Gasteiger partial charge in [0.1, 0.15) is 23.9 Å². The van der Waals surface area contributed by atoms with Crippen molar-refractivity contribution < 1.29 is 9.66 Å². The minimum atomic E-state index is -0.587. The maximum Gasteiger partial charge on any atom is 0.289 e. The molecule has 2 unspecified atom stereocenters. The van der Waals surface area contributed by atoms with E-state index < -0.39 is 4.92 Å². The second-order valence-electron chi connectivity index (χ2n) is 4.50. The highest BCUT2D eigenvalue weighted by Gasteiger charge is 2.29. The fourth-order valence-electron chi connectivity index (χ4n) is 2.29. The second kappa shape index (κ2) is 5.63. The number of nitrogens with zero attached hydrogens (tertiary/aromatic N) is 3. The van der Waals surface area contributed by atoms with Crippen molar-refractivity contribution in [3.8, 4) is 11.9 Å². The Hall–Kier alpha value is -2.20. The summed E-state index contributed by atoms with van der Waals surface area (Å²) in [5.74, 6) is 0.405. The van der Waals surface area contributed by atoms with Crippen LogP contribution in [0.25, 0.3) is 0 Å². The third-order valence-electron chi connectivity index (χ3n) is 3.32. The first-order chi connectivity index (χ1) is 9.15. The van der Waals surface area contributed by atoms with Crippen LogP contribution < -0.4 is 10.5 Å². The zero-order valence-corrected chi connectivity index (χ0v) is 10.3. The third-order valence-corrected chi connectivity index (χ3v) is 3.32. The van der Waals surface area contributed by atoms with E-state index in [4.69, 9.17) is 15.7 Å². The molecule has 2 atom stereocenters. The van der Waals surface area contributed by atoms with Gasteiger partial charge in [-0.1, -0.05) is 0 Å². The Kier molecular flexibility index (Phi) is 3.92. The van der Waals surface area contributed by atoms with Crippen LogP contribution in [0.2, 0.25) is 0 Å². The van der Waals surface area contributed by atoms with Gasteiger partial charge in [0.25, 0.3) is 5.69 Å². The van der Waals surface area contributed by atoms with Crippen LogP contribution in [0.5, 0.6) is 5.88 Å². The summed E-state index contributed by atoms with van der Waals surface area (Å²) in [7, 11) is 0. The smallest absolute Gasteiger partial charge is 0.289 e. The average molecular weight is 262 g/mol. The molecule has 1 fully saturated rings. The highest BCUT2D eigenvalue weighted by atomic mass is 16.6. The van der Waals surface area contributed by atoms with E-state index in [2.05, 4.69) is 4.98 Å². The van der Waals surface area contributed by atoms with Gasteiger partial charge in [-0.3, -0.25) is 10.1 Å². The SMILES string of the molecule is N#Cc1cc([N+](=O)[O-])cnc1OC1CCCC1CN. The second-order valence-corrected chi connectivity index (χ2v) is 4.50. The summed E-state index contributed by atoms with van der Waals surface area (Å²) in [6, 6.07) is 3.05. The van der Waals surface area contributed by atoms with Crippen molar-refractivity contribution in [1.29, 1.82) is 5.26 Å². The van der Waals surface area contributed by atoms with Crippen LogP contribution in [0.4, 0.5) is 5.69 Å². The minimum Gasteiger partial charge on any atom is -0.473 e. The quantitative estimate of drug-likeness (QED) is 0.647. The van der Waals surface area contributed by atoms with Gasteiger partial charge < -0.3 is 10.5 Å². The molecular weight excluding hydrogens is 248 g/mol. The monoisotopic (exact) mass is 262 g/mol. The van der Waals surface area contributed by atoms with Crippen LogP contribution in [0.1, 0.15) is 24.8 Å². The topological polar surface area (TPSA) is 115 Å². The van der Waals surface area contributed by atoms with Gasteiger partial charge in [0.05, 0.1) is 4.92 Å². The maximum absolute atomic E-state index is 10.6. The molecule has 0 spiro atoms. The number of pyridine rings is 1. The molecule has 7 heteroatoms. The third kappa shape index (κ3) is 2.80. The largest absolute Gasteiger partial charge is 0.473 e. The van der Waals surface area contributed by atoms with E-state index in [1.54, 1.807) is 0 Å². The molecule has 1 aromatic rings. The predicted molar refractivity (Wildman–Crippen MR) is 66.4 cm³/mol. The molecule has 0 aromatic carbocycles. The molecular formula is C12H14N4O3. The number of nitro groups is 1. The van der Waals surface area contributed by atoms with E-state index in [9.17, 15) is 10.1 Å². The summed E-state index contributed by atoms with van der Waals surface area (Å²) in [4.78, 5) is 13.9. The predicted octanol–water partition coefficient (Wildman–Crippen LogP) is 1.37. The molecule has 1 aliphatic carbocycles. The van der Waals surface area contributed by atoms with Crippen molar-refractivity contribution in [3.63, 3.8) is 0 Å². The number of aromatic nitrogens is 1. The Balaban J connectivity index is 2.21. The Morgan fingerprint density at radius 1 is 1.63 bits per heavy atom. The highest BCUT2D eigenvalue weighted by Crippen LogP contribution is 2.30. The van der Waals surface area contributed by atoms with Crippen molar-refractivity contribution in [2.75, 3.05) is 6.54 Å². The summed E-state index contributed by atoms with van der Waals surface area (Å²) in [5.41, 5.74) is 5.52. The number of nitriles is 1. The molecule has 0 bridgehead atoms. The standard InChI is InChI=1S/C12H14N4O3/c13-5-8-2-1-3-11(8)19-12-9(6-14)4-10(7-15-12)16(17)18/h4,7-8,11H,1-3,5,13H2. The Labute approximate surface area is 110 Å². The van der Waals surface area contributed by atoms with Crippen molar-refractivity contribution in [3.05, 3.63) is 27.9 Å². The van der Waals surface area contributed by atoms with Gasteiger partial charge in [-0.2, -0.15) is 5.26 Å². The molecule has 2 rings (SSSR count). The van der Waals surface area contributed by atoms with Crippen molar-refractivity contribution in [1.82, 2.24) is 4.98 Å². The lowest BCUT2D eigenvalue weighted by molar-refractivity contribution is -0.385. The van der Waals surface area contributed by atoms with Crippen LogP contribution in [-0.4, -0.2) is 22.6 Å². The van der Waals surface area contributed by atoms with E-state index >= 15 is 0 Å². The summed E-state index contributed by atoms with van der Waals surface area (Å²) >= 11 is 0. The molecule has 0 radical (unpaired) electrons. The molecule has 1 saturated carbocycles. The molecule has 7 nitrogen and oxygen atoms in total. The molecule has 2 N–H and O–H groups in total. The van der Waals surface area contributed by atoms with Gasteiger partial charge in [-0.15, -0.1) is 0 Å². The molecule has 100 valence electrons. The number of hydrogen-bond acceptors (Lipinski definition) is 6. The van der Waals surface area contributed by atoms with Gasteiger partial charge in [0.15, 0.2) is 0 Å². The fraction of sp³-hybridized carbons (Fsp3) is 0.500. The van der Waals surface area contributed by atoms with Gasteiger partial charge in [-0.05, 0) is 25.8 Å². The number of rotatable bonds is 4. The number of hydrogen-bond donors (Lipinski definition) is 1. The van der Waals surface area contributed by atoms with Crippen LogP contribution in [0.3, 0.4) is 0 Å². The van der Waals surface area contributed by atoms with E-state index in [-0.39, 0.29) is 29.2 Å². The molecule has 0 saturated heterocycles. The lowest BCUT2D eigenvalue weighted by Crippen LogP contribution is -2.28. The zero-order valence-electron chi connectivity index (χ0n) is 10.3. The lowest BCUT2D eigenvalue weighted by atomic mass is 10.1. The van der Waals surface area contributed by atoms with Crippen LogP contribution in [-0.2, 0) is 0 Å². The maximum atomic E-state index is 10.6. The number of nitrogens with two attached hydrogens (primary N) is 1. The van der Waals surface area contributed by atoms with Crippen molar-refractivity contribution in [2.24, 2.45) is 11.7 Å². The van der Waals surface area contributed by atoms with Crippen molar-refractivity contribution in [2.45, 2.75) is 25.4 Å². The van der Waals surface area contributed by atoms with Gasteiger partial charge in [0, 0.05) is 12.0 Å². The van der Waals surface area contributed by atoms with E-state index in [0.29, 0.717) is 6.54 Å². The van der Waals surface area contributed by atoms with Crippen LogP contribution in [0.15, 0.2) is 12.3 Å². The van der Waals surface area contributed by atoms with E-state index in [1.165, 1.54) is 6.07 Å². The van der Waals surface area contributed by atoms with Crippen LogP contribution in [0, 0.1) is 27.4 Å². The molecule has 1 aromatic heterocycles. The van der Waals surface area contributed by atoms with Crippen molar-refractivity contribution >= 4 is 5.69 Å². The molecule has 1 aliphatic rings. The van der Waals surface area contributed by atoms with Crippen LogP contribution >= 0.6 is 0 Å². The van der Waals surface area contributed by atoms with Gasteiger partial charge in [0.2, 0.25) is 5.88 Å². The molecule has 0 amide bonds. The summed E-state index contributed by atoms with van der Waals surface area (Å²) in [6.07, 6.45) is 3.93. The Morgan fingerprint density at radius 3 is 3.05 bits per heavy atom. The minimum absolute atomic E-state index is 0.0638. The lowest BCUT2D eigenvalue weighted by Gasteiger charge is -2.19. The van der Waals surface area contributed by atoms with Gasteiger partial charge in [-0.25, -0.2) is 4.98 Å². The van der Waals surface area contributed by atoms with E-state index in [1.807, 2.05) is 6.07 Å².